The monoisotopic (exact) mass is 318 g/mol. The van der Waals surface area contributed by atoms with Gasteiger partial charge < -0.3 is 9.15 Å². The van der Waals surface area contributed by atoms with Crippen LogP contribution in [0.1, 0.15) is 11.8 Å². The van der Waals surface area contributed by atoms with Crippen molar-refractivity contribution in [2.45, 2.75) is 13.5 Å². The van der Waals surface area contributed by atoms with Crippen LogP contribution >= 0.6 is 15.9 Å². The number of ether oxygens (including phenoxy) is 1. The Hall–Kier alpha value is -1.88. The lowest BCUT2D eigenvalue weighted by atomic mass is 10.1. The summed E-state index contributed by atoms with van der Waals surface area (Å²) in [6, 6.07) is 12.1. The molecule has 0 spiro atoms. The quantitative estimate of drug-likeness (QED) is 0.735. The third kappa shape index (κ3) is 2.46. The molecular formula is C14H11BrN2O2. The van der Waals surface area contributed by atoms with Gasteiger partial charge >= 0.3 is 0 Å². The molecule has 4 nitrogen and oxygen atoms in total. The van der Waals surface area contributed by atoms with E-state index in [1.807, 2.05) is 30.3 Å². The lowest BCUT2D eigenvalue weighted by Gasteiger charge is -2.08. The Morgan fingerprint density at radius 3 is 2.79 bits per heavy atom. The first-order valence-corrected chi connectivity index (χ1v) is 6.62. The second-order valence-corrected chi connectivity index (χ2v) is 4.90. The summed E-state index contributed by atoms with van der Waals surface area (Å²) >= 11 is 3.57. The van der Waals surface area contributed by atoms with Gasteiger partial charge in [-0.2, -0.15) is 0 Å². The molecule has 0 saturated carbocycles. The van der Waals surface area contributed by atoms with Crippen molar-refractivity contribution in [2.75, 3.05) is 0 Å². The van der Waals surface area contributed by atoms with Crippen molar-refractivity contribution in [3.63, 3.8) is 0 Å². The highest BCUT2D eigenvalue weighted by atomic mass is 79.9. The summed E-state index contributed by atoms with van der Waals surface area (Å²) in [4.78, 5) is 0. The second-order valence-electron chi connectivity index (χ2n) is 4.10. The van der Waals surface area contributed by atoms with E-state index in [-0.39, 0.29) is 6.61 Å². The van der Waals surface area contributed by atoms with E-state index in [2.05, 4.69) is 32.2 Å². The average molecular weight is 319 g/mol. The fraction of sp³-hybridized carbons (Fsp3) is 0.143. The van der Waals surface area contributed by atoms with E-state index in [9.17, 15) is 0 Å². The molecule has 0 N–H and O–H groups in total. The molecule has 0 amide bonds. The van der Waals surface area contributed by atoms with Crippen LogP contribution in [-0.2, 0) is 6.61 Å². The van der Waals surface area contributed by atoms with Crippen LogP contribution in [0.15, 0.2) is 45.3 Å². The SMILES string of the molecule is Cc1nnc(COc2ccc3ccccc3c2Br)o1. The molecule has 3 rings (SSSR count). The molecule has 96 valence electrons. The van der Waals surface area contributed by atoms with E-state index in [0.29, 0.717) is 11.8 Å². The zero-order valence-electron chi connectivity index (χ0n) is 10.3. The molecule has 0 bridgehead atoms. The number of hydrogen-bond acceptors (Lipinski definition) is 4. The van der Waals surface area contributed by atoms with Crippen LogP contribution in [0.4, 0.5) is 0 Å². The molecule has 0 aliphatic carbocycles. The summed E-state index contributed by atoms with van der Waals surface area (Å²) in [5, 5.41) is 9.93. The van der Waals surface area contributed by atoms with Gasteiger partial charge in [-0.15, -0.1) is 10.2 Å². The summed E-state index contributed by atoms with van der Waals surface area (Å²) in [6.07, 6.45) is 0. The maximum atomic E-state index is 5.70. The zero-order chi connectivity index (χ0) is 13.2. The van der Waals surface area contributed by atoms with Crippen LogP contribution in [0.2, 0.25) is 0 Å². The van der Waals surface area contributed by atoms with Gasteiger partial charge in [0.15, 0.2) is 6.61 Å². The van der Waals surface area contributed by atoms with E-state index in [1.165, 1.54) is 0 Å². The number of rotatable bonds is 3. The zero-order valence-corrected chi connectivity index (χ0v) is 11.8. The van der Waals surface area contributed by atoms with Gasteiger partial charge in [0.25, 0.3) is 5.89 Å². The van der Waals surface area contributed by atoms with Gasteiger partial charge in [0.05, 0.1) is 4.47 Å². The van der Waals surface area contributed by atoms with Gasteiger partial charge in [-0.25, -0.2) is 0 Å². The lowest BCUT2D eigenvalue weighted by Crippen LogP contribution is -1.96. The highest BCUT2D eigenvalue weighted by molar-refractivity contribution is 9.10. The largest absolute Gasteiger partial charge is 0.483 e. The van der Waals surface area contributed by atoms with E-state index in [1.54, 1.807) is 6.92 Å². The van der Waals surface area contributed by atoms with Crippen molar-refractivity contribution in [1.82, 2.24) is 10.2 Å². The highest BCUT2D eigenvalue weighted by Crippen LogP contribution is 2.33. The lowest BCUT2D eigenvalue weighted by molar-refractivity contribution is 0.259. The Labute approximate surface area is 118 Å². The Balaban J connectivity index is 1.87. The topological polar surface area (TPSA) is 48.2 Å². The summed E-state index contributed by atoms with van der Waals surface area (Å²) in [5.41, 5.74) is 0. The molecular weight excluding hydrogens is 308 g/mol. The number of aryl methyl sites for hydroxylation is 1. The van der Waals surface area contributed by atoms with Crippen LogP contribution in [-0.4, -0.2) is 10.2 Å². The number of halogens is 1. The number of hydrogen-bond donors (Lipinski definition) is 0. The van der Waals surface area contributed by atoms with Crippen LogP contribution < -0.4 is 4.74 Å². The Bertz CT molecular complexity index is 724. The smallest absolute Gasteiger partial charge is 0.253 e. The fourth-order valence-corrected chi connectivity index (χ4v) is 2.47. The molecule has 2 aromatic carbocycles. The number of fused-ring (bicyclic) bond motifs is 1. The molecule has 0 fully saturated rings. The van der Waals surface area contributed by atoms with Gasteiger partial charge in [0.1, 0.15) is 5.75 Å². The molecule has 1 aromatic heterocycles. The third-order valence-corrected chi connectivity index (χ3v) is 3.56. The Morgan fingerprint density at radius 1 is 1.16 bits per heavy atom. The maximum absolute atomic E-state index is 5.70. The average Bonchev–Trinajstić information content (AvgIpc) is 2.84. The van der Waals surface area contributed by atoms with Crippen molar-refractivity contribution < 1.29 is 9.15 Å². The molecule has 0 radical (unpaired) electrons. The number of benzene rings is 2. The molecule has 0 atom stereocenters. The fourth-order valence-electron chi connectivity index (χ4n) is 1.86. The Morgan fingerprint density at radius 2 is 2.00 bits per heavy atom. The van der Waals surface area contributed by atoms with Crippen molar-refractivity contribution in [2.24, 2.45) is 0 Å². The first kappa shape index (κ1) is 12.2. The predicted molar refractivity (Wildman–Crippen MR) is 75.0 cm³/mol. The molecule has 1 heterocycles. The first-order chi connectivity index (χ1) is 9.24. The summed E-state index contributed by atoms with van der Waals surface area (Å²) < 4.78 is 11.9. The normalized spacial score (nSPS) is 10.8. The van der Waals surface area contributed by atoms with Crippen molar-refractivity contribution in [1.29, 1.82) is 0 Å². The standard InChI is InChI=1S/C14H11BrN2O2/c1-9-16-17-13(19-9)8-18-12-7-6-10-4-2-3-5-11(10)14(12)15/h2-7H,8H2,1H3. The first-order valence-electron chi connectivity index (χ1n) is 5.83. The van der Waals surface area contributed by atoms with Crippen molar-refractivity contribution in [3.8, 4) is 5.75 Å². The molecule has 0 unspecified atom stereocenters. The summed E-state index contributed by atoms with van der Waals surface area (Å²) in [5.74, 6) is 1.77. The van der Waals surface area contributed by atoms with Gasteiger partial charge in [-0.05, 0) is 32.8 Å². The van der Waals surface area contributed by atoms with E-state index in [4.69, 9.17) is 9.15 Å². The van der Waals surface area contributed by atoms with E-state index in [0.717, 1.165) is 21.0 Å². The van der Waals surface area contributed by atoms with Gasteiger partial charge in [-0.1, -0.05) is 30.3 Å². The molecule has 0 saturated heterocycles. The minimum Gasteiger partial charge on any atom is -0.483 e. The van der Waals surface area contributed by atoms with Gasteiger partial charge in [0.2, 0.25) is 5.89 Å². The Kier molecular flexibility index (Phi) is 3.21. The van der Waals surface area contributed by atoms with Gasteiger partial charge in [-0.3, -0.25) is 0 Å². The van der Waals surface area contributed by atoms with Crippen molar-refractivity contribution >= 4 is 26.7 Å². The van der Waals surface area contributed by atoms with Crippen molar-refractivity contribution in [3.05, 3.63) is 52.7 Å². The number of aromatic nitrogens is 2. The number of nitrogens with zero attached hydrogens (tertiary/aromatic N) is 2. The molecule has 19 heavy (non-hydrogen) atoms. The third-order valence-electron chi connectivity index (χ3n) is 2.75. The van der Waals surface area contributed by atoms with Gasteiger partial charge in [0, 0.05) is 6.92 Å². The molecule has 0 aliphatic rings. The molecule has 0 aliphatic heterocycles. The summed E-state index contributed by atoms with van der Waals surface area (Å²) in [6.45, 7) is 2.01. The highest BCUT2D eigenvalue weighted by Gasteiger charge is 2.08. The van der Waals surface area contributed by atoms with Crippen LogP contribution in [0.25, 0.3) is 10.8 Å². The van der Waals surface area contributed by atoms with E-state index >= 15 is 0 Å². The summed E-state index contributed by atoms with van der Waals surface area (Å²) in [7, 11) is 0. The maximum Gasteiger partial charge on any atom is 0.253 e. The van der Waals surface area contributed by atoms with Crippen LogP contribution in [0.5, 0.6) is 5.75 Å². The molecule has 3 aromatic rings. The van der Waals surface area contributed by atoms with E-state index < -0.39 is 0 Å². The molecule has 5 heteroatoms. The van der Waals surface area contributed by atoms with Crippen LogP contribution in [0, 0.1) is 6.92 Å². The van der Waals surface area contributed by atoms with Crippen LogP contribution in [0.3, 0.4) is 0 Å². The minimum absolute atomic E-state index is 0.262. The predicted octanol–water partition coefficient (Wildman–Crippen LogP) is 3.87. The minimum atomic E-state index is 0.262. The second kappa shape index (κ2) is 5.01.